The van der Waals surface area contributed by atoms with E-state index >= 15 is 0 Å². The molecule has 0 saturated carbocycles. The van der Waals surface area contributed by atoms with E-state index in [2.05, 4.69) is 12.2 Å². The van der Waals surface area contributed by atoms with Crippen LogP contribution in [0.2, 0.25) is 0 Å². The van der Waals surface area contributed by atoms with Crippen LogP contribution in [0.5, 0.6) is 0 Å². The fraction of sp³-hybridized carbons (Fsp3) is 1.00. The molecule has 2 saturated heterocycles. The van der Waals surface area contributed by atoms with E-state index in [-0.39, 0.29) is 6.10 Å². The quantitative estimate of drug-likeness (QED) is 0.703. The lowest BCUT2D eigenvalue weighted by Gasteiger charge is -2.29. The fourth-order valence-corrected chi connectivity index (χ4v) is 1.92. The van der Waals surface area contributed by atoms with Crippen molar-refractivity contribution in [1.82, 2.24) is 5.32 Å². The van der Waals surface area contributed by atoms with E-state index in [4.69, 9.17) is 14.2 Å². The van der Waals surface area contributed by atoms with Gasteiger partial charge in [0.2, 0.25) is 0 Å². The summed E-state index contributed by atoms with van der Waals surface area (Å²) in [7, 11) is 0. The summed E-state index contributed by atoms with van der Waals surface area (Å²) in [5, 5.41) is 3.39. The van der Waals surface area contributed by atoms with Crippen molar-refractivity contribution in [2.24, 2.45) is 0 Å². The zero-order valence-corrected chi connectivity index (χ0v) is 9.41. The molecule has 4 heteroatoms. The molecule has 2 heterocycles. The predicted octanol–water partition coefficient (Wildman–Crippen LogP) is 0.559. The van der Waals surface area contributed by atoms with Crippen molar-refractivity contribution in [2.45, 2.75) is 38.1 Å². The highest BCUT2D eigenvalue weighted by Gasteiger charge is 2.21. The van der Waals surface area contributed by atoms with Gasteiger partial charge in [0.25, 0.3) is 0 Å². The van der Waals surface area contributed by atoms with Crippen molar-refractivity contribution < 1.29 is 14.2 Å². The van der Waals surface area contributed by atoms with Crippen LogP contribution in [-0.4, -0.2) is 51.2 Å². The molecular formula is C11H21NO3. The van der Waals surface area contributed by atoms with Gasteiger partial charge in [-0.15, -0.1) is 0 Å². The molecule has 2 unspecified atom stereocenters. The summed E-state index contributed by atoms with van der Waals surface area (Å²) < 4.78 is 16.3. The van der Waals surface area contributed by atoms with Gasteiger partial charge in [-0.3, -0.25) is 0 Å². The van der Waals surface area contributed by atoms with E-state index in [1.165, 1.54) is 12.8 Å². The summed E-state index contributed by atoms with van der Waals surface area (Å²) in [6.45, 7) is 6.40. The second-order valence-corrected chi connectivity index (χ2v) is 4.40. The molecule has 0 radical (unpaired) electrons. The monoisotopic (exact) mass is 215 g/mol. The van der Waals surface area contributed by atoms with Gasteiger partial charge in [-0.05, 0) is 19.8 Å². The van der Waals surface area contributed by atoms with Gasteiger partial charge in [-0.1, -0.05) is 0 Å². The van der Waals surface area contributed by atoms with Crippen LogP contribution in [-0.2, 0) is 14.2 Å². The van der Waals surface area contributed by atoms with E-state index in [0.717, 1.165) is 32.9 Å². The maximum Gasteiger partial charge on any atom is 0.104 e. The molecule has 0 aromatic carbocycles. The summed E-state index contributed by atoms with van der Waals surface area (Å²) in [4.78, 5) is 0. The first-order valence-electron chi connectivity index (χ1n) is 5.90. The lowest BCUT2D eigenvalue weighted by Crippen LogP contribution is -2.41. The molecule has 0 amide bonds. The van der Waals surface area contributed by atoms with Gasteiger partial charge < -0.3 is 19.5 Å². The Bertz CT molecular complexity index is 179. The van der Waals surface area contributed by atoms with Crippen LogP contribution in [0.1, 0.15) is 19.8 Å². The van der Waals surface area contributed by atoms with Gasteiger partial charge >= 0.3 is 0 Å². The van der Waals surface area contributed by atoms with Crippen molar-refractivity contribution >= 4 is 0 Å². The van der Waals surface area contributed by atoms with Gasteiger partial charge in [0.1, 0.15) is 6.10 Å². The van der Waals surface area contributed by atoms with Gasteiger partial charge in [-0.25, -0.2) is 0 Å². The lowest BCUT2D eigenvalue weighted by atomic mass is 10.2. The van der Waals surface area contributed by atoms with E-state index in [0.29, 0.717) is 12.2 Å². The minimum absolute atomic E-state index is 0.264. The molecule has 2 aliphatic heterocycles. The Kier molecular flexibility index (Phi) is 4.38. The molecule has 0 aliphatic carbocycles. The lowest BCUT2D eigenvalue weighted by molar-refractivity contribution is -0.149. The minimum Gasteiger partial charge on any atom is -0.377 e. The zero-order valence-electron chi connectivity index (χ0n) is 9.41. The summed E-state index contributed by atoms with van der Waals surface area (Å²) in [5.41, 5.74) is 0. The molecule has 0 aromatic rings. The number of hydrogen-bond acceptors (Lipinski definition) is 4. The average Bonchev–Trinajstić information content (AvgIpc) is 2.64. The highest BCUT2D eigenvalue weighted by atomic mass is 16.6. The maximum atomic E-state index is 5.72. The van der Waals surface area contributed by atoms with E-state index < -0.39 is 0 Å². The molecular weight excluding hydrogens is 194 g/mol. The highest BCUT2D eigenvalue weighted by Crippen LogP contribution is 2.11. The van der Waals surface area contributed by atoms with Crippen LogP contribution in [0, 0.1) is 0 Å². The van der Waals surface area contributed by atoms with Crippen LogP contribution in [0.25, 0.3) is 0 Å². The second-order valence-electron chi connectivity index (χ2n) is 4.40. The molecule has 2 rings (SSSR count). The topological polar surface area (TPSA) is 39.7 Å². The molecule has 88 valence electrons. The molecule has 2 atom stereocenters. The Labute approximate surface area is 91.3 Å². The number of ether oxygens (including phenoxy) is 3. The molecule has 2 aliphatic rings. The third kappa shape index (κ3) is 3.72. The van der Waals surface area contributed by atoms with Crippen molar-refractivity contribution in [2.75, 3.05) is 32.9 Å². The van der Waals surface area contributed by atoms with Gasteiger partial charge in [0, 0.05) is 19.7 Å². The van der Waals surface area contributed by atoms with E-state index in [1.807, 2.05) is 0 Å². The summed E-state index contributed by atoms with van der Waals surface area (Å²) in [6, 6.07) is 0. The van der Waals surface area contributed by atoms with Crippen molar-refractivity contribution in [3.05, 3.63) is 0 Å². The average molecular weight is 215 g/mol. The van der Waals surface area contributed by atoms with Crippen molar-refractivity contribution in [1.29, 1.82) is 0 Å². The van der Waals surface area contributed by atoms with Crippen LogP contribution >= 0.6 is 0 Å². The fourth-order valence-electron chi connectivity index (χ4n) is 1.92. The standard InChI is InChI=1S/C11H21NO3/c1-9(15-11-7-13-8-11)5-12-6-10-3-2-4-14-10/h9-12H,2-8H2,1H3. The smallest absolute Gasteiger partial charge is 0.104 e. The van der Waals surface area contributed by atoms with Gasteiger partial charge in [0.15, 0.2) is 0 Å². The van der Waals surface area contributed by atoms with Crippen LogP contribution < -0.4 is 5.32 Å². The Morgan fingerprint density at radius 3 is 2.93 bits per heavy atom. The molecule has 1 N–H and O–H groups in total. The van der Waals surface area contributed by atoms with Crippen molar-refractivity contribution in [3.8, 4) is 0 Å². The van der Waals surface area contributed by atoms with Crippen LogP contribution in [0.4, 0.5) is 0 Å². The molecule has 15 heavy (non-hydrogen) atoms. The van der Waals surface area contributed by atoms with Gasteiger partial charge in [-0.2, -0.15) is 0 Å². The third-order valence-electron chi connectivity index (χ3n) is 2.86. The third-order valence-corrected chi connectivity index (χ3v) is 2.86. The van der Waals surface area contributed by atoms with Crippen LogP contribution in [0.3, 0.4) is 0 Å². The number of nitrogens with one attached hydrogen (secondary N) is 1. The van der Waals surface area contributed by atoms with E-state index in [1.54, 1.807) is 0 Å². The molecule has 4 nitrogen and oxygen atoms in total. The predicted molar refractivity (Wildman–Crippen MR) is 57.0 cm³/mol. The summed E-state index contributed by atoms with van der Waals surface area (Å²) >= 11 is 0. The normalized spacial score (nSPS) is 29.0. The Morgan fingerprint density at radius 2 is 2.33 bits per heavy atom. The van der Waals surface area contributed by atoms with E-state index in [9.17, 15) is 0 Å². The molecule has 0 bridgehead atoms. The summed E-state index contributed by atoms with van der Waals surface area (Å²) in [6.07, 6.45) is 3.41. The highest BCUT2D eigenvalue weighted by molar-refractivity contribution is 4.70. The largest absolute Gasteiger partial charge is 0.377 e. The van der Waals surface area contributed by atoms with Gasteiger partial charge in [0.05, 0.1) is 25.4 Å². The first-order valence-corrected chi connectivity index (χ1v) is 5.90. The Hall–Kier alpha value is -0.160. The molecule has 2 fully saturated rings. The second kappa shape index (κ2) is 5.80. The van der Waals surface area contributed by atoms with Crippen molar-refractivity contribution in [3.63, 3.8) is 0 Å². The first-order chi connectivity index (χ1) is 7.34. The maximum absolute atomic E-state index is 5.72. The Morgan fingerprint density at radius 1 is 1.47 bits per heavy atom. The zero-order chi connectivity index (χ0) is 10.5. The Balaban J connectivity index is 1.48. The number of rotatable bonds is 6. The summed E-state index contributed by atoms with van der Waals surface area (Å²) in [5.74, 6) is 0. The first kappa shape index (κ1) is 11.3. The molecule has 0 aromatic heterocycles. The molecule has 0 spiro atoms. The SMILES string of the molecule is CC(CNCC1CCCO1)OC1COC1. The van der Waals surface area contributed by atoms with Crippen LogP contribution in [0.15, 0.2) is 0 Å². The minimum atomic E-state index is 0.264. The number of hydrogen-bond donors (Lipinski definition) is 1.